The van der Waals surface area contributed by atoms with E-state index in [1.807, 2.05) is 49.4 Å². The molecule has 1 atom stereocenters. The Balaban J connectivity index is 2.15. The zero-order valence-electron chi connectivity index (χ0n) is 15.8. The van der Waals surface area contributed by atoms with Crippen molar-refractivity contribution in [1.29, 1.82) is 0 Å². The first-order chi connectivity index (χ1) is 11.7. The lowest BCUT2D eigenvalue weighted by molar-refractivity contribution is -0.122. The lowest BCUT2D eigenvalue weighted by Gasteiger charge is -2.22. The summed E-state index contributed by atoms with van der Waals surface area (Å²) in [6.45, 7) is 10.1. The number of anilines is 1. The minimum absolute atomic E-state index is 0.0184. The van der Waals surface area contributed by atoms with Gasteiger partial charge in [0.05, 0.1) is 12.8 Å². The Bertz CT molecular complexity index is 747. The largest absolute Gasteiger partial charge is 0.495 e. The van der Waals surface area contributed by atoms with E-state index in [2.05, 4.69) is 26.1 Å². The molecule has 0 bridgehead atoms. The molecule has 1 unspecified atom stereocenters. The van der Waals surface area contributed by atoms with Crippen molar-refractivity contribution in [2.75, 3.05) is 12.4 Å². The molecule has 0 saturated carbocycles. The van der Waals surface area contributed by atoms with E-state index in [-0.39, 0.29) is 11.3 Å². The lowest BCUT2D eigenvalue weighted by atomic mass is 9.87. The fourth-order valence-corrected chi connectivity index (χ4v) is 2.45. The average Bonchev–Trinajstić information content (AvgIpc) is 2.53. The molecule has 2 aromatic rings. The molecule has 1 N–H and O–H groups in total. The molecule has 0 heterocycles. The van der Waals surface area contributed by atoms with Crippen molar-refractivity contribution in [2.24, 2.45) is 0 Å². The molecule has 4 nitrogen and oxygen atoms in total. The van der Waals surface area contributed by atoms with Crippen molar-refractivity contribution in [2.45, 2.75) is 46.1 Å². The number of hydrogen-bond acceptors (Lipinski definition) is 3. The molecule has 0 aromatic heterocycles. The van der Waals surface area contributed by atoms with Gasteiger partial charge in [0, 0.05) is 0 Å². The molecule has 25 heavy (non-hydrogen) atoms. The maximum absolute atomic E-state index is 12.5. The highest BCUT2D eigenvalue weighted by Crippen LogP contribution is 2.31. The summed E-state index contributed by atoms with van der Waals surface area (Å²) in [5.74, 6) is 1.09. The minimum atomic E-state index is -0.621. The maximum Gasteiger partial charge on any atom is 0.265 e. The number of benzene rings is 2. The summed E-state index contributed by atoms with van der Waals surface area (Å²) in [5.41, 5.74) is 2.84. The monoisotopic (exact) mass is 341 g/mol. The van der Waals surface area contributed by atoms with E-state index in [0.717, 1.165) is 11.1 Å². The first-order valence-corrected chi connectivity index (χ1v) is 8.43. The highest BCUT2D eigenvalue weighted by molar-refractivity contribution is 5.95. The number of ether oxygens (including phenoxy) is 2. The summed E-state index contributed by atoms with van der Waals surface area (Å²) in [6.07, 6.45) is -0.621. The second-order valence-corrected chi connectivity index (χ2v) is 7.23. The quantitative estimate of drug-likeness (QED) is 0.857. The van der Waals surface area contributed by atoms with Gasteiger partial charge in [-0.1, -0.05) is 39.0 Å². The van der Waals surface area contributed by atoms with Gasteiger partial charge in [0.25, 0.3) is 5.91 Å². The fourth-order valence-electron chi connectivity index (χ4n) is 2.45. The van der Waals surface area contributed by atoms with Crippen LogP contribution in [-0.2, 0) is 10.2 Å². The van der Waals surface area contributed by atoms with Crippen LogP contribution in [0.2, 0.25) is 0 Å². The van der Waals surface area contributed by atoms with Crippen LogP contribution < -0.4 is 14.8 Å². The molecule has 0 spiro atoms. The molecular formula is C21H27NO3. The predicted octanol–water partition coefficient (Wildman–Crippen LogP) is 4.71. The topological polar surface area (TPSA) is 47.6 Å². The molecule has 0 aliphatic heterocycles. The smallest absolute Gasteiger partial charge is 0.265 e. The van der Waals surface area contributed by atoms with Crippen LogP contribution in [0.1, 0.15) is 38.8 Å². The summed E-state index contributed by atoms with van der Waals surface area (Å²) in [5, 5.41) is 2.92. The van der Waals surface area contributed by atoms with Gasteiger partial charge >= 0.3 is 0 Å². The minimum Gasteiger partial charge on any atom is -0.495 e. The third kappa shape index (κ3) is 4.99. The van der Waals surface area contributed by atoms with Crippen LogP contribution in [0.15, 0.2) is 42.5 Å². The Morgan fingerprint density at radius 1 is 1.12 bits per heavy atom. The molecule has 0 fully saturated rings. The number of carbonyl (C=O) groups excluding carboxylic acids is 1. The Morgan fingerprint density at radius 2 is 1.84 bits per heavy atom. The van der Waals surface area contributed by atoms with Gasteiger partial charge in [-0.05, 0) is 54.7 Å². The van der Waals surface area contributed by atoms with Crippen LogP contribution in [0.3, 0.4) is 0 Å². The number of aryl methyl sites for hydroxylation is 1. The van der Waals surface area contributed by atoms with E-state index >= 15 is 0 Å². The number of amides is 1. The zero-order valence-corrected chi connectivity index (χ0v) is 15.8. The van der Waals surface area contributed by atoms with E-state index in [0.29, 0.717) is 17.2 Å². The van der Waals surface area contributed by atoms with Crippen molar-refractivity contribution in [3.8, 4) is 11.5 Å². The molecule has 0 saturated heterocycles. The zero-order chi connectivity index (χ0) is 18.6. The number of carbonyl (C=O) groups is 1. The fraction of sp³-hybridized carbons (Fsp3) is 0.381. The summed E-state index contributed by atoms with van der Waals surface area (Å²) >= 11 is 0. The molecule has 2 rings (SSSR count). The second kappa shape index (κ2) is 7.60. The number of nitrogens with one attached hydrogen (secondary N) is 1. The summed E-state index contributed by atoms with van der Waals surface area (Å²) in [7, 11) is 1.59. The molecule has 4 heteroatoms. The molecule has 0 aliphatic rings. The third-order valence-corrected chi connectivity index (χ3v) is 3.99. The van der Waals surface area contributed by atoms with Crippen LogP contribution in [-0.4, -0.2) is 19.1 Å². The molecular weight excluding hydrogens is 314 g/mol. The number of rotatable bonds is 5. The summed E-state index contributed by atoms with van der Waals surface area (Å²) in [4.78, 5) is 12.5. The summed E-state index contributed by atoms with van der Waals surface area (Å²) < 4.78 is 11.1. The average molecular weight is 341 g/mol. The molecule has 2 aromatic carbocycles. The van der Waals surface area contributed by atoms with Gasteiger partial charge in [0.15, 0.2) is 6.10 Å². The Hall–Kier alpha value is -2.49. The lowest BCUT2D eigenvalue weighted by Crippen LogP contribution is -2.30. The highest BCUT2D eigenvalue weighted by atomic mass is 16.5. The Morgan fingerprint density at radius 3 is 2.44 bits per heavy atom. The van der Waals surface area contributed by atoms with Gasteiger partial charge in [0.2, 0.25) is 0 Å². The standard InChI is InChI=1S/C21H27NO3/c1-14-8-7-9-17(12-14)25-15(2)20(23)22-18-13-16(21(3,4)5)10-11-19(18)24-6/h7-13,15H,1-6H3,(H,22,23). The van der Waals surface area contributed by atoms with Crippen LogP contribution in [0.4, 0.5) is 5.69 Å². The van der Waals surface area contributed by atoms with E-state index in [1.54, 1.807) is 14.0 Å². The van der Waals surface area contributed by atoms with Crippen molar-refractivity contribution in [3.63, 3.8) is 0 Å². The first-order valence-electron chi connectivity index (χ1n) is 8.43. The third-order valence-electron chi connectivity index (χ3n) is 3.99. The molecule has 1 amide bonds. The SMILES string of the molecule is COc1ccc(C(C)(C)C)cc1NC(=O)C(C)Oc1cccc(C)c1. The van der Waals surface area contributed by atoms with Gasteiger partial charge in [-0.3, -0.25) is 4.79 Å². The van der Waals surface area contributed by atoms with Crippen LogP contribution in [0, 0.1) is 6.92 Å². The predicted molar refractivity (Wildman–Crippen MR) is 102 cm³/mol. The van der Waals surface area contributed by atoms with Crippen molar-refractivity contribution >= 4 is 11.6 Å². The van der Waals surface area contributed by atoms with Gasteiger partial charge in [-0.15, -0.1) is 0 Å². The van der Waals surface area contributed by atoms with Crippen LogP contribution in [0.5, 0.6) is 11.5 Å². The normalized spacial score (nSPS) is 12.4. The second-order valence-electron chi connectivity index (χ2n) is 7.23. The highest BCUT2D eigenvalue weighted by Gasteiger charge is 2.20. The first kappa shape index (κ1) is 18.8. The molecule has 134 valence electrons. The van der Waals surface area contributed by atoms with E-state index in [4.69, 9.17) is 9.47 Å². The Labute approximate surface area is 150 Å². The van der Waals surface area contributed by atoms with E-state index in [9.17, 15) is 4.79 Å². The molecule has 0 aliphatic carbocycles. The summed E-state index contributed by atoms with van der Waals surface area (Å²) in [6, 6.07) is 13.5. The Kier molecular flexibility index (Phi) is 5.73. The van der Waals surface area contributed by atoms with Gasteiger partial charge in [0.1, 0.15) is 11.5 Å². The van der Waals surface area contributed by atoms with Gasteiger partial charge in [-0.25, -0.2) is 0 Å². The van der Waals surface area contributed by atoms with Crippen molar-refractivity contribution in [3.05, 3.63) is 53.6 Å². The number of methoxy groups -OCH3 is 1. The maximum atomic E-state index is 12.5. The van der Waals surface area contributed by atoms with E-state index in [1.165, 1.54) is 0 Å². The van der Waals surface area contributed by atoms with Crippen LogP contribution >= 0.6 is 0 Å². The van der Waals surface area contributed by atoms with Gasteiger partial charge in [-0.2, -0.15) is 0 Å². The number of hydrogen-bond donors (Lipinski definition) is 1. The van der Waals surface area contributed by atoms with Gasteiger partial charge < -0.3 is 14.8 Å². The van der Waals surface area contributed by atoms with E-state index < -0.39 is 6.10 Å². The van der Waals surface area contributed by atoms with Crippen LogP contribution in [0.25, 0.3) is 0 Å². The molecule has 0 radical (unpaired) electrons. The van der Waals surface area contributed by atoms with Crippen molar-refractivity contribution < 1.29 is 14.3 Å². The van der Waals surface area contributed by atoms with Crippen molar-refractivity contribution in [1.82, 2.24) is 0 Å².